The minimum absolute atomic E-state index is 0.193. The van der Waals surface area contributed by atoms with Crippen LogP contribution in [0.25, 0.3) is 11.3 Å². The van der Waals surface area contributed by atoms with Gasteiger partial charge in [-0.3, -0.25) is 0 Å². The number of nitrogens with zero attached hydrogens (tertiary/aromatic N) is 2. The van der Waals surface area contributed by atoms with Crippen LogP contribution in [0.15, 0.2) is 64.0 Å². The van der Waals surface area contributed by atoms with Crippen LogP contribution in [0.1, 0.15) is 18.2 Å². The summed E-state index contributed by atoms with van der Waals surface area (Å²) >= 11 is 9.45. The van der Waals surface area contributed by atoms with Gasteiger partial charge >= 0.3 is 6.18 Å². The van der Waals surface area contributed by atoms with Crippen molar-refractivity contribution in [3.05, 3.63) is 75.4 Å². The predicted octanol–water partition coefficient (Wildman–Crippen LogP) is 5.68. The summed E-state index contributed by atoms with van der Waals surface area (Å²) in [6, 6.07) is 15.6. The molecule has 2 aromatic carbocycles. The predicted molar refractivity (Wildman–Crippen MR) is 113 cm³/mol. The summed E-state index contributed by atoms with van der Waals surface area (Å²) in [6.07, 6.45) is -4.97. The number of alkyl halides is 3. The molecule has 0 aliphatic rings. The van der Waals surface area contributed by atoms with Crippen molar-refractivity contribution in [2.45, 2.75) is 22.9 Å². The molecule has 0 saturated heterocycles. The van der Waals surface area contributed by atoms with Crippen LogP contribution in [0.2, 0.25) is 5.02 Å². The first-order chi connectivity index (χ1) is 14.5. The van der Waals surface area contributed by atoms with E-state index in [1.807, 2.05) is 0 Å². The molecular weight excluding hydrogens is 517 g/mol. The second-order valence-electron chi connectivity index (χ2n) is 6.52. The zero-order chi connectivity index (χ0) is 23.0. The summed E-state index contributed by atoms with van der Waals surface area (Å²) < 4.78 is 42.5. The van der Waals surface area contributed by atoms with Gasteiger partial charge < -0.3 is 14.5 Å². The van der Waals surface area contributed by atoms with Gasteiger partial charge in [0, 0.05) is 9.92 Å². The third-order valence-corrected chi connectivity index (χ3v) is 6.75. The third kappa shape index (κ3) is 4.33. The van der Waals surface area contributed by atoms with Crippen molar-refractivity contribution in [1.82, 2.24) is 4.57 Å². The summed E-state index contributed by atoms with van der Waals surface area (Å²) in [5, 5.41) is 22.3. The lowest BCUT2D eigenvalue weighted by molar-refractivity contribution is -0.312. The van der Waals surface area contributed by atoms with Crippen LogP contribution in [0.5, 0.6) is 0 Å². The van der Waals surface area contributed by atoms with Crippen LogP contribution < -0.4 is 5.11 Å². The van der Waals surface area contributed by atoms with Crippen molar-refractivity contribution in [1.29, 1.82) is 5.26 Å². The van der Waals surface area contributed by atoms with Crippen molar-refractivity contribution < 1.29 is 23.1 Å². The van der Waals surface area contributed by atoms with Crippen LogP contribution in [0.3, 0.4) is 0 Å². The second kappa shape index (κ2) is 8.61. The quantitative estimate of drug-likeness (QED) is 0.400. The fourth-order valence-corrected chi connectivity index (χ4v) is 5.02. The molecule has 1 unspecified atom stereocenters. The number of hydrogen-bond donors (Lipinski definition) is 0. The highest BCUT2D eigenvalue weighted by molar-refractivity contribution is 9.10. The van der Waals surface area contributed by atoms with Gasteiger partial charge in [-0.05, 0) is 52.7 Å². The third-order valence-electron chi connectivity index (χ3n) is 4.47. The van der Waals surface area contributed by atoms with Gasteiger partial charge in [-0.25, -0.2) is 0 Å². The van der Waals surface area contributed by atoms with Crippen LogP contribution in [-0.4, -0.2) is 10.5 Å². The van der Waals surface area contributed by atoms with Gasteiger partial charge in [0.05, 0.1) is 21.7 Å². The smallest absolute Gasteiger partial charge is 0.432 e. The maximum Gasteiger partial charge on any atom is 0.432 e. The lowest BCUT2D eigenvalue weighted by Gasteiger charge is -2.36. The Morgan fingerprint density at radius 1 is 1.16 bits per heavy atom. The molecule has 0 radical (unpaired) electrons. The highest BCUT2D eigenvalue weighted by Crippen LogP contribution is 2.49. The van der Waals surface area contributed by atoms with Crippen molar-refractivity contribution in [2.24, 2.45) is 0 Å². The summed E-state index contributed by atoms with van der Waals surface area (Å²) in [6.45, 7) is 1.11. The average Bonchev–Trinajstić information content (AvgIpc) is 3.02. The Hall–Kier alpha value is -2.41. The number of hydrogen-bond acceptors (Lipinski definition) is 4. The molecule has 0 N–H and O–H groups in total. The molecule has 0 aliphatic heterocycles. The van der Waals surface area contributed by atoms with Crippen molar-refractivity contribution in [3.8, 4) is 17.3 Å². The topological polar surface area (TPSA) is 68.8 Å². The Labute approximate surface area is 193 Å². The van der Waals surface area contributed by atoms with Gasteiger partial charge in [-0.15, -0.1) is 0 Å². The molecule has 0 saturated carbocycles. The minimum Gasteiger partial charge on any atom is -0.547 e. The number of carbonyl (C=O) groups is 1. The number of carboxylic acid groups (broad SMARTS) is 1. The molecule has 0 amide bonds. The fraction of sp³-hybridized carbons (Fsp3) is 0.143. The maximum absolute atomic E-state index is 14.1. The summed E-state index contributed by atoms with van der Waals surface area (Å²) in [5.41, 5.74) is -1.67. The maximum atomic E-state index is 14.1. The monoisotopic (exact) mass is 527 g/mol. The van der Waals surface area contributed by atoms with Crippen LogP contribution >= 0.6 is 39.3 Å². The number of aromatic nitrogens is 1. The van der Waals surface area contributed by atoms with E-state index < -0.39 is 27.2 Å². The van der Waals surface area contributed by atoms with E-state index >= 15 is 0 Å². The Bertz CT molecular complexity index is 1170. The van der Waals surface area contributed by atoms with E-state index in [0.29, 0.717) is 26.2 Å². The number of carbonyl (C=O) groups excluding carboxylic acids is 1. The molecule has 4 nitrogen and oxygen atoms in total. The van der Waals surface area contributed by atoms with Crippen LogP contribution in [0.4, 0.5) is 13.2 Å². The average molecular weight is 529 g/mol. The number of carboxylic acids is 1. The summed E-state index contributed by atoms with van der Waals surface area (Å²) in [5.74, 6) is -1.76. The highest BCUT2D eigenvalue weighted by Gasteiger charge is 2.46. The summed E-state index contributed by atoms with van der Waals surface area (Å²) in [7, 11) is 0. The Morgan fingerprint density at radius 2 is 1.74 bits per heavy atom. The van der Waals surface area contributed by atoms with E-state index in [0.717, 1.165) is 6.92 Å². The molecule has 1 heterocycles. The van der Waals surface area contributed by atoms with Gasteiger partial charge in [0.2, 0.25) is 0 Å². The molecule has 0 aliphatic carbocycles. The highest BCUT2D eigenvalue weighted by atomic mass is 79.9. The lowest BCUT2D eigenvalue weighted by atomic mass is 10.1. The van der Waals surface area contributed by atoms with Crippen molar-refractivity contribution in [2.75, 3.05) is 0 Å². The Kier molecular flexibility index (Phi) is 6.46. The Morgan fingerprint density at radius 3 is 2.23 bits per heavy atom. The first kappa shape index (κ1) is 23.3. The van der Waals surface area contributed by atoms with E-state index in [4.69, 9.17) is 11.6 Å². The Balaban J connectivity index is 2.44. The van der Waals surface area contributed by atoms with E-state index in [1.54, 1.807) is 36.4 Å². The SMILES string of the molecule is CC(Sc1ccccc1)(C(=O)[O-])n1c(-c2ccc(Cl)cc2)c(C#N)c(Br)c1C(F)(F)F. The normalized spacial score (nSPS) is 13.5. The first-order valence-corrected chi connectivity index (χ1v) is 10.6. The molecule has 160 valence electrons. The van der Waals surface area contributed by atoms with Gasteiger partial charge in [0.1, 0.15) is 16.6 Å². The molecule has 0 fully saturated rings. The van der Waals surface area contributed by atoms with Crippen molar-refractivity contribution in [3.63, 3.8) is 0 Å². The number of halogens is 5. The molecule has 0 spiro atoms. The minimum atomic E-state index is -4.97. The molecule has 31 heavy (non-hydrogen) atoms. The molecule has 3 rings (SSSR count). The standard InChI is InChI=1S/C21H13BrClF3N2O2S/c1-20(19(29)30,31-14-5-3-2-4-6-14)28-17(12-7-9-13(23)10-8-12)15(11-27)16(22)18(28)21(24,25)26/h2-10H,1H3,(H,29,30)/p-1. The fourth-order valence-electron chi connectivity index (χ4n) is 3.10. The molecule has 3 aromatic rings. The zero-order valence-electron chi connectivity index (χ0n) is 15.7. The van der Waals surface area contributed by atoms with Gasteiger partial charge in [-0.2, -0.15) is 18.4 Å². The molecule has 1 atom stereocenters. The number of benzene rings is 2. The lowest BCUT2D eigenvalue weighted by Crippen LogP contribution is -2.47. The van der Waals surface area contributed by atoms with Gasteiger partial charge in [0.15, 0.2) is 0 Å². The van der Waals surface area contributed by atoms with Gasteiger partial charge in [-0.1, -0.05) is 53.7 Å². The molecule has 1 aromatic heterocycles. The van der Waals surface area contributed by atoms with Crippen LogP contribution in [-0.2, 0) is 15.8 Å². The van der Waals surface area contributed by atoms with E-state index in [9.17, 15) is 28.3 Å². The number of nitriles is 1. The molecular formula is C21H12BrClF3N2O2S-. The number of thioether (sulfide) groups is 1. The van der Waals surface area contributed by atoms with E-state index in [1.165, 1.54) is 24.3 Å². The largest absolute Gasteiger partial charge is 0.547 e. The van der Waals surface area contributed by atoms with E-state index in [2.05, 4.69) is 15.9 Å². The first-order valence-electron chi connectivity index (χ1n) is 8.64. The van der Waals surface area contributed by atoms with Crippen LogP contribution in [0, 0.1) is 11.3 Å². The van der Waals surface area contributed by atoms with Crippen molar-refractivity contribution >= 4 is 45.3 Å². The molecule has 0 bridgehead atoms. The zero-order valence-corrected chi connectivity index (χ0v) is 18.9. The van der Waals surface area contributed by atoms with E-state index in [-0.39, 0.29) is 16.8 Å². The number of aliphatic carboxylic acids is 1. The van der Waals surface area contributed by atoms with Gasteiger partial charge in [0.25, 0.3) is 0 Å². The number of rotatable bonds is 5. The second-order valence-corrected chi connectivity index (χ2v) is 9.22. The molecule has 10 heteroatoms. The summed E-state index contributed by atoms with van der Waals surface area (Å²) in [4.78, 5) is 10.5.